The Morgan fingerprint density at radius 2 is 1.91 bits per heavy atom. The molecule has 22 heavy (non-hydrogen) atoms. The highest BCUT2D eigenvalue weighted by Crippen LogP contribution is 2.21. The summed E-state index contributed by atoms with van der Waals surface area (Å²) in [6, 6.07) is 9.13. The smallest absolute Gasteiger partial charge is 0.233 e. The zero-order valence-electron chi connectivity index (χ0n) is 11.7. The summed E-state index contributed by atoms with van der Waals surface area (Å²) in [6.45, 7) is 1.54. The molecule has 6 nitrogen and oxygen atoms in total. The summed E-state index contributed by atoms with van der Waals surface area (Å²) in [5, 5.41) is 4.24. The second kappa shape index (κ2) is 5.38. The zero-order valence-corrected chi connectivity index (χ0v) is 12.5. The van der Waals surface area contributed by atoms with Crippen molar-refractivity contribution >= 4 is 21.5 Å². The fourth-order valence-electron chi connectivity index (χ4n) is 1.98. The van der Waals surface area contributed by atoms with Crippen molar-refractivity contribution in [1.29, 1.82) is 0 Å². The van der Waals surface area contributed by atoms with Crippen LogP contribution in [-0.4, -0.2) is 28.8 Å². The summed E-state index contributed by atoms with van der Waals surface area (Å²) in [5.41, 5.74) is 1.95. The van der Waals surface area contributed by atoms with Crippen molar-refractivity contribution in [2.24, 2.45) is 0 Å². The molecule has 0 aliphatic rings. The van der Waals surface area contributed by atoms with E-state index in [0.717, 1.165) is 5.56 Å². The number of benzene rings is 1. The first-order valence-corrected chi connectivity index (χ1v) is 8.25. The van der Waals surface area contributed by atoms with Gasteiger partial charge in [-0.05, 0) is 43.3 Å². The first kappa shape index (κ1) is 14.5. The van der Waals surface area contributed by atoms with Crippen LogP contribution < -0.4 is 4.72 Å². The van der Waals surface area contributed by atoms with E-state index >= 15 is 0 Å². The average molecular weight is 320 g/mol. The van der Waals surface area contributed by atoms with Gasteiger partial charge in [0.2, 0.25) is 10.0 Å². The number of rotatable bonds is 4. The van der Waals surface area contributed by atoms with Gasteiger partial charge in [0.05, 0.1) is 17.6 Å². The van der Waals surface area contributed by atoms with Gasteiger partial charge >= 0.3 is 0 Å². The largest absolute Gasteiger partial charge is 0.266 e. The molecule has 0 saturated heterocycles. The topological polar surface area (TPSA) is 76.4 Å². The average Bonchev–Trinajstić information content (AvgIpc) is 2.91. The van der Waals surface area contributed by atoms with Gasteiger partial charge in [0, 0.05) is 5.56 Å². The number of sulfonamides is 1. The number of imidazole rings is 1. The van der Waals surface area contributed by atoms with E-state index in [1.807, 2.05) is 0 Å². The van der Waals surface area contributed by atoms with Crippen LogP contribution in [0.15, 0.2) is 42.6 Å². The summed E-state index contributed by atoms with van der Waals surface area (Å²) in [4.78, 5) is 4.20. The molecule has 0 radical (unpaired) electrons. The standard InChI is InChI=1S/C14H13FN4O2S/c1-2-22(20,21)18-13-7-8-14-16-9-12(19(14)17-13)10-3-5-11(15)6-4-10/h3-9H,2H2,1H3,(H,17,18). The number of anilines is 1. The first-order chi connectivity index (χ1) is 10.5. The van der Waals surface area contributed by atoms with Gasteiger partial charge in [0.15, 0.2) is 11.5 Å². The predicted octanol–water partition coefficient (Wildman–Crippen LogP) is 2.30. The monoisotopic (exact) mass is 320 g/mol. The Morgan fingerprint density at radius 1 is 1.18 bits per heavy atom. The van der Waals surface area contributed by atoms with Gasteiger partial charge in [-0.3, -0.25) is 4.72 Å². The highest BCUT2D eigenvalue weighted by atomic mass is 32.2. The lowest BCUT2D eigenvalue weighted by Crippen LogP contribution is -2.16. The second-order valence-corrected chi connectivity index (χ2v) is 6.66. The summed E-state index contributed by atoms with van der Waals surface area (Å²) < 4.78 is 40.2. The first-order valence-electron chi connectivity index (χ1n) is 6.60. The van der Waals surface area contributed by atoms with Crippen molar-refractivity contribution in [3.05, 3.63) is 48.4 Å². The van der Waals surface area contributed by atoms with E-state index < -0.39 is 10.0 Å². The Kier molecular flexibility index (Phi) is 3.53. The molecule has 1 N–H and O–H groups in total. The van der Waals surface area contributed by atoms with E-state index in [4.69, 9.17) is 0 Å². The number of hydrogen-bond acceptors (Lipinski definition) is 4. The molecule has 1 aromatic carbocycles. The van der Waals surface area contributed by atoms with Gasteiger partial charge in [0.25, 0.3) is 0 Å². The van der Waals surface area contributed by atoms with Crippen LogP contribution in [0.2, 0.25) is 0 Å². The van der Waals surface area contributed by atoms with Crippen LogP contribution in [0.1, 0.15) is 6.92 Å². The lowest BCUT2D eigenvalue weighted by atomic mass is 10.2. The number of nitrogens with zero attached hydrogens (tertiary/aromatic N) is 3. The minimum Gasteiger partial charge on any atom is -0.266 e. The third-order valence-electron chi connectivity index (χ3n) is 3.14. The number of hydrogen-bond donors (Lipinski definition) is 1. The minimum absolute atomic E-state index is 0.0402. The molecule has 0 atom stereocenters. The van der Waals surface area contributed by atoms with E-state index in [9.17, 15) is 12.8 Å². The van der Waals surface area contributed by atoms with Gasteiger partial charge in [0.1, 0.15) is 5.82 Å². The van der Waals surface area contributed by atoms with Crippen molar-refractivity contribution in [2.45, 2.75) is 6.92 Å². The quantitative estimate of drug-likeness (QED) is 0.800. The van der Waals surface area contributed by atoms with Crippen LogP contribution in [0, 0.1) is 5.82 Å². The molecule has 3 rings (SSSR count). The van der Waals surface area contributed by atoms with E-state index in [1.54, 1.807) is 37.4 Å². The molecule has 3 aromatic rings. The predicted molar refractivity (Wildman–Crippen MR) is 81.5 cm³/mol. The van der Waals surface area contributed by atoms with Crippen molar-refractivity contribution in [3.63, 3.8) is 0 Å². The summed E-state index contributed by atoms with van der Waals surface area (Å²) in [5.74, 6) is -0.167. The van der Waals surface area contributed by atoms with Crippen molar-refractivity contribution in [1.82, 2.24) is 14.6 Å². The molecule has 2 heterocycles. The van der Waals surface area contributed by atoms with Gasteiger partial charge in [-0.15, -0.1) is 5.10 Å². The molecule has 0 aliphatic heterocycles. The van der Waals surface area contributed by atoms with E-state index in [2.05, 4.69) is 14.8 Å². The summed E-state index contributed by atoms with van der Waals surface area (Å²) >= 11 is 0. The Hall–Kier alpha value is -2.48. The maximum Gasteiger partial charge on any atom is 0.233 e. The molecule has 2 aromatic heterocycles. The lowest BCUT2D eigenvalue weighted by molar-refractivity contribution is 0.602. The lowest BCUT2D eigenvalue weighted by Gasteiger charge is -2.06. The third kappa shape index (κ3) is 2.77. The number of halogens is 1. The van der Waals surface area contributed by atoms with Crippen LogP contribution in [0.3, 0.4) is 0 Å². The van der Waals surface area contributed by atoms with Crippen LogP contribution in [0.25, 0.3) is 16.9 Å². The number of fused-ring (bicyclic) bond motifs is 1. The van der Waals surface area contributed by atoms with E-state index in [1.165, 1.54) is 16.6 Å². The van der Waals surface area contributed by atoms with Crippen molar-refractivity contribution < 1.29 is 12.8 Å². The molecular weight excluding hydrogens is 307 g/mol. The molecule has 114 valence electrons. The number of aromatic nitrogens is 3. The normalized spacial score (nSPS) is 11.7. The molecule has 0 aliphatic carbocycles. The fourth-order valence-corrected chi connectivity index (χ4v) is 2.55. The minimum atomic E-state index is -3.40. The Labute approximate surface area is 126 Å². The highest BCUT2D eigenvalue weighted by molar-refractivity contribution is 7.92. The summed E-state index contributed by atoms with van der Waals surface area (Å²) in [6.07, 6.45) is 1.60. The maximum absolute atomic E-state index is 13.0. The third-order valence-corrected chi connectivity index (χ3v) is 4.42. The molecule has 0 saturated carbocycles. The molecule has 0 spiro atoms. The summed E-state index contributed by atoms with van der Waals surface area (Å²) in [7, 11) is -3.40. The molecule has 0 fully saturated rings. The van der Waals surface area contributed by atoms with Gasteiger partial charge in [-0.1, -0.05) is 0 Å². The van der Waals surface area contributed by atoms with Gasteiger partial charge < -0.3 is 0 Å². The Balaban J connectivity index is 2.07. The van der Waals surface area contributed by atoms with Crippen molar-refractivity contribution in [2.75, 3.05) is 10.5 Å². The SMILES string of the molecule is CCS(=O)(=O)Nc1ccc2ncc(-c3ccc(F)cc3)n2n1. The van der Waals surface area contributed by atoms with Gasteiger partial charge in [-0.2, -0.15) is 0 Å². The Bertz CT molecular complexity index is 920. The molecule has 0 amide bonds. The number of nitrogens with one attached hydrogen (secondary N) is 1. The van der Waals surface area contributed by atoms with Crippen molar-refractivity contribution in [3.8, 4) is 11.3 Å². The van der Waals surface area contributed by atoms with Crippen LogP contribution >= 0.6 is 0 Å². The molecule has 8 heteroatoms. The van der Waals surface area contributed by atoms with Crippen LogP contribution in [0.4, 0.5) is 10.2 Å². The van der Waals surface area contributed by atoms with E-state index in [0.29, 0.717) is 11.3 Å². The highest BCUT2D eigenvalue weighted by Gasteiger charge is 2.11. The molecule has 0 bridgehead atoms. The Morgan fingerprint density at radius 3 is 2.59 bits per heavy atom. The molecular formula is C14H13FN4O2S. The second-order valence-electron chi connectivity index (χ2n) is 4.64. The molecule has 0 unspecified atom stereocenters. The zero-order chi connectivity index (χ0) is 15.7. The fraction of sp³-hybridized carbons (Fsp3) is 0.143. The van der Waals surface area contributed by atoms with Crippen LogP contribution in [0.5, 0.6) is 0 Å². The van der Waals surface area contributed by atoms with Gasteiger partial charge in [-0.25, -0.2) is 22.3 Å². The maximum atomic E-state index is 13.0. The van der Waals surface area contributed by atoms with Crippen LogP contribution in [-0.2, 0) is 10.0 Å². The van der Waals surface area contributed by atoms with E-state index in [-0.39, 0.29) is 17.4 Å².